The molecule has 2 aromatic heterocycles. The summed E-state index contributed by atoms with van der Waals surface area (Å²) < 4.78 is 10.5. The third-order valence-corrected chi connectivity index (χ3v) is 3.48. The minimum Gasteiger partial charge on any atom is -0.497 e. The van der Waals surface area contributed by atoms with Gasteiger partial charge in [-0.2, -0.15) is 4.98 Å². The second kappa shape index (κ2) is 7.43. The number of benzene rings is 1. The molecule has 0 aliphatic rings. The maximum absolute atomic E-state index is 12.3. The lowest BCUT2D eigenvalue weighted by Gasteiger charge is -2.09. The first kappa shape index (κ1) is 16.4. The van der Waals surface area contributed by atoms with E-state index in [1.54, 1.807) is 44.7 Å². The molecule has 3 aromatic rings. The van der Waals surface area contributed by atoms with Crippen LogP contribution in [0.2, 0.25) is 0 Å². The smallest absolute Gasteiger partial charge is 0.249 e. The molecule has 0 unspecified atom stereocenters. The average molecular weight is 339 g/mol. The number of anilines is 1. The molecule has 0 fully saturated rings. The average Bonchev–Trinajstić information content (AvgIpc) is 3.10. The van der Waals surface area contributed by atoms with Crippen LogP contribution in [0.25, 0.3) is 11.5 Å². The summed E-state index contributed by atoms with van der Waals surface area (Å²) in [6.45, 7) is 0. The monoisotopic (exact) mass is 339 g/mol. The van der Waals surface area contributed by atoms with Crippen molar-refractivity contribution in [3.8, 4) is 23.0 Å². The van der Waals surface area contributed by atoms with E-state index in [1.165, 1.54) is 0 Å². The molecule has 2 N–H and O–H groups in total. The molecule has 0 saturated heterocycles. The van der Waals surface area contributed by atoms with Gasteiger partial charge in [-0.1, -0.05) is 6.07 Å². The van der Waals surface area contributed by atoms with E-state index in [1.807, 2.05) is 12.1 Å². The summed E-state index contributed by atoms with van der Waals surface area (Å²) in [5.74, 6) is 1.67. The SMILES string of the molecule is COc1ccc(OC)c(CC(=O)Nc2n[nH]c(-c3ccccn3)n2)c1. The fraction of sp³-hybridized carbons (Fsp3) is 0.176. The first-order valence-corrected chi connectivity index (χ1v) is 7.54. The molecule has 25 heavy (non-hydrogen) atoms. The number of ether oxygens (including phenoxy) is 2. The first-order valence-electron chi connectivity index (χ1n) is 7.54. The molecule has 128 valence electrons. The lowest BCUT2D eigenvalue weighted by Crippen LogP contribution is -2.16. The third kappa shape index (κ3) is 3.92. The van der Waals surface area contributed by atoms with Crippen LogP contribution in [0.3, 0.4) is 0 Å². The summed E-state index contributed by atoms with van der Waals surface area (Å²) in [7, 11) is 3.12. The van der Waals surface area contributed by atoms with E-state index in [-0.39, 0.29) is 18.3 Å². The van der Waals surface area contributed by atoms with Crippen LogP contribution >= 0.6 is 0 Å². The number of carbonyl (C=O) groups is 1. The highest BCUT2D eigenvalue weighted by atomic mass is 16.5. The molecule has 0 radical (unpaired) electrons. The molecule has 0 aliphatic carbocycles. The Bertz CT molecular complexity index is 864. The third-order valence-electron chi connectivity index (χ3n) is 3.48. The van der Waals surface area contributed by atoms with Crippen molar-refractivity contribution in [1.29, 1.82) is 0 Å². The van der Waals surface area contributed by atoms with Gasteiger partial charge in [-0.15, -0.1) is 5.10 Å². The Morgan fingerprint density at radius 2 is 2.08 bits per heavy atom. The molecule has 0 aliphatic heterocycles. The van der Waals surface area contributed by atoms with Crippen LogP contribution in [0.4, 0.5) is 5.95 Å². The zero-order chi connectivity index (χ0) is 17.6. The van der Waals surface area contributed by atoms with E-state index in [4.69, 9.17) is 9.47 Å². The topological polar surface area (TPSA) is 102 Å². The summed E-state index contributed by atoms with van der Waals surface area (Å²) in [5.41, 5.74) is 1.35. The predicted molar refractivity (Wildman–Crippen MR) is 91.5 cm³/mol. The second-order valence-electron chi connectivity index (χ2n) is 5.13. The first-order chi connectivity index (χ1) is 12.2. The van der Waals surface area contributed by atoms with Gasteiger partial charge < -0.3 is 9.47 Å². The predicted octanol–water partition coefficient (Wildman–Crippen LogP) is 2.07. The van der Waals surface area contributed by atoms with E-state index in [2.05, 4.69) is 25.5 Å². The molecule has 0 atom stereocenters. The summed E-state index contributed by atoms with van der Waals surface area (Å²) in [4.78, 5) is 20.7. The lowest BCUT2D eigenvalue weighted by molar-refractivity contribution is -0.115. The zero-order valence-electron chi connectivity index (χ0n) is 13.8. The highest BCUT2D eigenvalue weighted by Crippen LogP contribution is 2.24. The quantitative estimate of drug-likeness (QED) is 0.713. The van der Waals surface area contributed by atoms with Gasteiger partial charge in [-0.05, 0) is 30.3 Å². The molecule has 8 nitrogen and oxygen atoms in total. The molecule has 3 rings (SSSR count). The van der Waals surface area contributed by atoms with E-state index >= 15 is 0 Å². The number of hydrogen-bond acceptors (Lipinski definition) is 6. The number of nitrogens with zero attached hydrogens (tertiary/aromatic N) is 3. The molecular weight excluding hydrogens is 322 g/mol. The van der Waals surface area contributed by atoms with Crippen LogP contribution in [0.5, 0.6) is 11.5 Å². The van der Waals surface area contributed by atoms with Crippen molar-refractivity contribution in [1.82, 2.24) is 20.2 Å². The largest absolute Gasteiger partial charge is 0.497 e. The normalized spacial score (nSPS) is 10.3. The highest BCUT2D eigenvalue weighted by molar-refractivity contribution is 5.91. The maximum Gasteiger partial charge on any atom is 0.249 e. The Labute approximate surface area is 144 Å². The van der Waals surface area contributed by atoms with Crippen molar-refractivity contribution < 1.29 is 14.3 Å². The number of methoxy groups -OCH3 is 2. The molecule has 8 heteroatoms. The second-order valence-corrected chi connectivity index (χ2v) is 5.13. The Hall–Kier alpha value is -3.42. The molecule has 1 amide bonds. The van der Waals surface area contributed by atoms with Crippen LogP contribution in [-0.4, -0.2) is 40.3 Å². The van der Waals surface area contributed by atoms with Crippen LogP contribution in [0.1, 0.15) is 5.56 Å². The molecule has 0 saturated carbocycles. The van der Waals surface area contributed by atoms with Gasteiger partial charge in [0.15, 0.2) is 5.82 Å². The summed E-state index contributed by atoms with van der Waals surface area (Å²) in [6, 6.07) is 10.7. The molecular formula is C17H17N5O3. The van der Waals surface area contributed by atoms with Gasteiger partial charge in [0.1, 0.15) is 17.2 Å². The number of aromatic amines is 1. The van der Waals surface area contributed by atoms with Gasteiger partial charge in [0.2, 0.25) is 11.9 Å². The number of H-pyrrole nitrogens is 1. The fourth-order valence-electron chi connectivity index (χ4n) is 2.30. The number of rotatable bonds is 6. The molecule has 0 spiro atoms. The van der Waals surface area contributed by atoms with Gasteiger partial charge in [-0.3, -0.25) is 20.2 Å². The van der Waals surface area contributed by atoms with Gasteiger partial charge in [-0.25, -0.2) is 0 Å². The Morgan fingerprint density at radius 3 is 2.80 bits per heavy atom. The van der Waals surface area contributed by atoms with Crippen LogP contribution in [0, 0.1) is 0 Å². The number of amides is 1. The van der Waals surface area contributed by atoms with Gasteiger partial charge in [0.05, 0.1) is 20.6 Å². The van der Waals surface area contributed by atoms with E-state index in [9.17, 15) is 4.79 Å². The number of carbonyl (C=O) groups excluding carboxylic acids is 1. The number of nitrogens with one attached hydrogen (secondary N) is 2. The fourth-order valence-corrected chi connectivity index (χ4v) is 2.30. The van der Waals surface area contributed by atoms with Gasteiger partial charge in [0, 0.05) is 11.8 Å². The highest BCUT2D eigenvalue weighted by Gasteiger charge is 2.13. The standard InChI is InChI=1S/C17H17N5O3/c1-24-12-6-7-14(25-2)11(9-12)10-15(23)19-17-20-16(21-22-17)13-5-3-4-8-18-13/h3-9H,10H2,1-2H3,(H2,19,20,21,22,23). The zero-order valence-corrected chi connectivity index (χ0v) is 13.8. The van der Waals surface area contributed by atoms with Gasteiger partial charge in [0.25, 0.3) is 0 Å². The number of pyridine rings is 1. The Balaban J connectivity index is 1.70. The van der Waals surface area contributed by atoms with Crippen molar-refractivity contribution in [3.05, 3.63) is 48.2 Å². The minimum atomic E-state index is -0.266. The van der Waals surface area contributed by atoms with Crippen LogP contribution < -0.4 is 14.8 Å². The molecule has 1 aromatic carbocycles. The molecule has 2 heterocycles. The van der Waals surface area contributed by atoms with E-state index in [0.29, 0.717) is 28.6 Å². The van der Waals surface area contributed by atoms with Crippen LogP contribution in [0.15, 0.2) is 42.6 Å². The molecule has 0 bridgehead atoms. The minimum absolute atomic E-state index is 0.105. The Kier molecular flexibility index (Phi) is 4.89. The summed E-state index contributed by atoms with van der Waals surface area (Å²) in [6.07, 6.45) is 1.76. The number of hydrogen-bond donors (Lipinski definition) is 2. The lowest BCUT2D eigenvalue weighted by atomic mass is 10.1. The van der Waals surface area contributed by atoms with E-state index in [0.717, 1.165) is 0 Å². The van der Waals surface area contributed by atoms with Crippen LogP contribution in [-0.2, 0) is 11.2 Å². The maximum atomic E-state index is 12.3. The Morgan fingerprint density at radius 1 is 1.20 bits per heavy atom. The van der Waals surface area contributed by atoms with Crippen molar-refractivity contribution in [3.63, 3.8) is 0 Å². The summed E-state index contributed by atoms with van der Waals surface area (Å²) >= 11 is 0. The summed E-state index contributed by atoms with van der Waals surface area (Å²) in [5, 5.41) is 9.39. The van der Waals surface area contributed by atoms with Crippen molar-refractivity contribution >= 4 is 11.9 Å². The van der Waals surface area contributed by atoms with Crippen molar-refractivity contribution in [2.75, 3.05) is 19.5 Å². The van der Waals surface area contributed by atoms with Gasteiger partial charge >= 0.3 is 0 Å². The number of aromatic nitrogens is 4. The van der Waals surface area contributed by atoms with Crippen molar-refractivity contribution in [2.45, 2.75) is 6.42 Å². The van der Waals surface area contributed by atoms with E-state index < -0.39 is 0 Å². The van der Waals surface area contributed by atoms with Crippen molar-refractivity contribution in [2.24, 2.45) is 0 Å².